The molecule has 1 aliphatic heterocycles. The number of benzene rings is 2. The Bertz CT molecular complexity index is 742. The number of amides is 1. The van der Waals surface area contributed by atoms with Crippen LogP contribution in [-0.2, 0) is 4.79 Å². The normalized spacial score (nSPS) is 17.0. The average Bonchev–Trinajstić information content (AvgIpc) is 2.70. The van der Waals surface area contributed by atoms with Crippen molar-refractivity contribution in [3.05, 3.63) is 53.6 Å². The highest BCUT2D eigenvalue weighted by molar-refractivity contribution is 5.99. The third kappa shape index (κ3) is 3.37. The van der Waals surface area contributed by atoms with Crippen molar-refractivity contribution in [2.24, 2.45) is 5.92 Å². The Labute approximate surface area is 143 Å². The van der Waals surface area contributed by atoms with Gasteiger partial charge in [0.1, 0.15) is 12.4 Å². The highest BCUT2D eigenvalue weighted by Gasteiger charge is 2.26. The van der Waals surface area contributed by atoms with Crippen LogP contribution < -0.4 is 15.0 Å². The molecule has 1 N–H and O–H groups in total. The van der Waals surface area contributed by atoms with Gasteiger partial charge in [0.05, 0.1) is 23.8 Å². The van der Waals surface area contributed by atoms with Gasteiger partial charge in [-0.05, 0) is 49.2 Å². The molecule has 0 saturated heterocycles. The average molecular weight is 324 g/mol. The number of carbonyl (C=O) groups excluding carboxylic acids is 1. The number of fused-ring (bicyclic) bond motifs is 1. The SMILES string of the molecule is Cc1ccc(OCCN2C(=O)[C@@H](C)CNc3ccccc32)cc1C. The molecular formula is C20H24N2O2. The van der Waals surface area contributed by atoms with E-state index in [1.165, 1.54) is 11.1 Å². The zero-order valence-corrected chi connectivity index (χ0v) is 14.5. The first kappa shape index (κ1) is 16.4. The fourth-order valence-corrected chi connectivity index (χ4v) is 2.88. The van der Waals surface area contributed by atoms with Gasteiger partial charge in [-0.15, -0.1) is 0 Å². The fraction of sp³-hybridized carbons (Fsp3) is 0.350. The maximum Gasteiger partial charge on any atom is 0.231 e. The zero-order valence-electron chi connectivity index (χ0n) is 14.5. The van der Waals surface area contributed by atoms with Crippen molar-refractivity contribution >= 4 is 17.3 Å². The first-order valence-corrected chi connectivity index (χ1v) is 8.40. The number of para-hydroxylation sites is 2. The van der Waals surface area contributed by atoms with E-state index in [1.807, 2.05) is 48.2 Å². The molecule has 0 spiro atoms. The molecule has 3 rings (SSSR count). The summed E-state index contributed by atoms with van der Waals surface area (Å²) in [6.45, 7) is 7.78. The maximum atomic E-state index is 12.7. The molecular weight excluding hydrogens is 300 g/mol. The minimum absolute atomic E-state index is 0.0565. The van der Waals surface area contributed by atoms with Crippen LogP contribution in [-0.4, -0.2) is 25.6 Å². The number of nitrogens with zero attached hydrogens (tertiary/aromatic N) is 1. The Hall–Kier alpha value is -2.49. The van der Waals surface area contributed by atoms with Crippen LogP contribution >= 0.6 is 0 Å². The van der Waals surface area contributed by atoms with E-state index in [1.54, 1.807) is 0 Å². The molecule has 126 valence electrons. The molecule has 0 unspecified atom stereocenters. The van der Waals surface area contributed by atoms with E-state index in [0.29, 0.717) is 19.7 Å². The summed E-state index contributed by atoms with van der Waals surface area (Å²) in [7, 11) is 0. The minimum atomic E-state index is -0.0565. The summed E-state index contributed by atoms with van der Waals surface area (Å²) >= 11 is 0. The van der Waals surface area contributed by atoms with Gasteiger partial charge in [0.25, 0.3) is 0 Å². The van der Waals surface area contributed by atoms with E-state index >= 15 is 0 Å². The van der Waals surface area contributed by atoms with Crippen LogP contribution in [0.3, 0.4) is 0 Å². The van der Waals surface area contributed by atoms with E-state index in [0.717, 1.165) is 17.1 Å². The van der Waals surface area contributed by atoms with Crippen LogP contribution in [0.4, 0.5) is 11.4 Å². The third-order valence-corrected chi connectivity index (χ3v) is 4.54. The molecule has 2 aromatic carbocycles. The molecule has 0 aromatic heterocycles. The van der Waals surface area contributed by atoms with Crippen molar-refractivity contribution in [3.8, 4) is 5.75 Å². The lowest BCUT2D eigenvalue weighted by molar-refractivity contribution is -0.121. The summed E-state index contributed by atoms with van der Waals surface area (Å²) in [6, 6.07) is 14.0. The highest BCUT2D eigenvalue weighted by Crippen LogP contribution is 2.29. The number of nitrogens with one attached hydrogen (secondary N) is 1. The van der Waals surface area contributed by atoms with Crippen LogP contribution in [0.5, 0.6) is 5.75 Å². The lowest BCUT2D eigenvalue weighted by Crippen LogP contribution is -2.38. The number of hydrogen-bond acceptors (Lipinski definition) is 3. The van der Waals surface area contributed by atoms with E-state index < -0.39 is 0 Å². The van der Waals surface area contributed by atoms with Crippen LogP contribution in [0.15, 0.2) is 42.5 Å². The minimum Gasteiger partial charge on any atom is -0.492 e. The molecule has 0 radical (unpaired) electrons. The standard InChI is InChI=1S/C20H24N2O2/c1-14-8-9-17(12-15(14)2)24-11-10-22-19-7-5-4-6-18(19)21-13-16(3)20(22)23/h4-9,12,16,21H,10-11,13H2,1-3H3/t16-/m0/s1. The molecule has 1 amide bonds. The molecule has 1 heterocycles. The molecule has 2 aromatic rings. The lowest BCUT2D eigenvalue weighted by Gasteiger charge is -2.24. The Morgan fingerprint density at radius 2 is 1.96 bits per heavy atom. The second kappa shape index (κ2) is 6.95. The topological polar surface area (TPSA) is 41.6 Å². The molecule has 24 heavy (non-hydrogen) atoms. The van der Waals surface area contributed by atoms with Crippen LogP contribution in [0.25, 0.3) is 0 Å². The predicted octanol–water partition coefficient (Wildman–Crippen LogP) is 3.78. The highest BCUT2D eigenvalue weighted by atomic mass is 16.5. The van der Waals surface area contributed by atoms with Crippen molar-refractivity contribution < 1.29 is 9.53 Å². The van der Waals surface area contributed by atoms with E-state index in [2.05, 4.69) is 25.2 Å². The summed E-state index contributed by atoms with van der Waals surface area (Å²) in [6.07, 6.45) is 0. The van der Waals surface area contributed by atoms with Gasteiger partial charge in [0, 0.05) is 6.54 Å². The second-order valence-electron chi connectivity index (χ2n) is 6.38. The van der Waals surface area contributed by atoms with E-state index in [9.17, 15) is 4.79 Å². The Morgan fingerprint density at radius 1 is 1.17 bits per heavy atom. The monoisotopic (exact) mass is 324 g/mol. The molecule has 1 aliphatic rings. The van der Waals surface area contributed by atoms with E-state index in [-0.39, 0.29) is 11.8 Å². The van der Waals surface area contributed by atoms with Gasteiger partial charge < -0.3 is 15.0 Å². The fourth-order valence-electron chi connectivity index (χ4n) is 2.88. The number of aryl methyl sites for hydroxylation is 2. The van der Waals surface area contributed by atoms with Crippen LogP contribution in [0, 0.1) is 19.8 Å². The third-order valence-electron chi connectivity index (χ3n) is 4.54. The van der Waals surface area contributed by atoms with Crippen LogP contribution in [0.1, 0.15) is 18.1 Å². The molecule has 0 fully saturated rings. The predicted molar refractivity (Wildman–Crippen MR) is 97.9 cm³/mol. The van der Waals surface area contributed by atoms with Gasteiger partial charge in [0.15, 0.2) is 0 Å². The number of rotatable bonds is 4. The zero-order chi connectivity index (χ0) is 17.1. The summed E-state index contributed by atoms with van der Waals surface area (Å²) in [4.78, 5) is 14.5. The van der Waals surface area contributed by atoms with Crippen molar-refractivity contribution in [1.29, 1.82) is 0 Å². The molecule has 4 heteroatoms. The Kier molecular flexibility index (Phi) is 4.74. The Balaban J connectivity index is 1.72. The quantitative estimate of drug-likeness (QED) is 0.930. The lowest BCUT2D eigenvalue weighted by atomic mass is 10.1. The number of ether oxygens (including phenoxy) is 1. The maximum absolute atomic E-state index is 12.7. The number of hydrogen-bond donors (Lipinski definition) is 1. The smallest absolute Gasteiger partial charge is 0.231 e. The van der Waals surface area contributed by atoms with Crippen molar-refractivity contribution in [2.75, 3.05) is 29.9 Å². The molecule has 0 aliphatic carbocycles. The first-order valence-electron chi connectivity index (χ1n) is 8.40. The van der Waals surface area contributed by atoms with Gasteiger partial charge in [-0.1, -0.05) is 25.1 Å². The Morgan fingerprint density at radius 3 is 2.75 bits per heavy atom. The molecule has 0 saturated carbocycles. The van der Waals surface area contributed by atoms with Crippen LogP contribution in [0.2, 0.25) is 0 Å². The number of anilines is 2. The van der Waals surface area contributed by atoms with E-state index in [4.69, 9.17) is 4.74 Å². The van der Waals surface area contributed by atoms with Gasteiger partial charge >= 0.3 is 0 Å². The molecule has 1 atom stereocenters. The summed E-state index contributed by atoms with van der Waals surface area (Å²) < 4.78 is 5.87. The van der Waals surface area contributed by atoms with Gasteiger partial charge in [-0.3, -0.25) is 4.79 Å². The molecule has 0 bridgehead atoms. The number of carbonyl (C=O) groups is 1. The summed E-state index contributed by atoms with van der Waals surface area (Å²) in [5.74, 6) is 0.926. The van der Waals surface area contributed by atoms with Gasteiger partial charge in [0.2, 0.25) is 5.91 Å². The van der Waals surface area contributed by atoms with Crippen molar-refractivity contribution in [3.63, 3.8) is 0 Å². The van der Waals surface area contributed by atoms with Crippen molar-refractivity contribution in [1.82, 2.24) is 0 Å². The second-order valence-corrected chi connectivity index (χ2v) is 6.38. The van der Waals surface area contributed by atoms with Crippen molar-refractivity contribution in [2.45, 2.75) is 20.8 Å². The molecule has 4 nitrogen and oxygen atoms in total. The largest absolute Gasteiger partial charge is 0.492 e. The van der Waals surface area contributed by atoms with Gasteiger partial charge in [-0.25, -0.2) is 0 Å². The summed E-state index contributed by atoms with van der Waals surface area (Å²) in [5.41, 5.74) is 4.39. The first-order chi connectivity index (χ1) is 11.6. The summed E-state index contributed by atoms with van der Waals surface area (Å²) in [5, 5.41) is 3.35. The van der Waals surface area contributed by atoms with Gasteiger partial charge in [-0.2, -0.15) is 0 Å².